The van der Waals surface area contributed by atoms with Gasteiger partial charge in [0.15, 0.2) is 5.69 Å². The van der Waals surface area contributed by atoms with Crippen molar-refractivity contribution in [2.45, 2.75) is 13.5 Å². The molecule has 132 valence electrons. The smallest absolute Gasteiger partial charge is 0.267 e. The lowest BCUT2D eigenvalue weighted by Gasteiger charge is -2.11. The number of halogens is 1. The summed E-state index contributed by atoms with van der Waals surface area (Å²) in [6.07, 6.45) is 0. The van der Waals surface area contributed by atoms with E-state index in [2.05, 4.69) is 16.0 Å². The summed E-state index contributed by atoms with van der Waals surface area (Å²) >= 11 is 0. The first-order valence-electron chi connectivity index (χ1n) is 7.87. The van der Waals surface area contributed by atoms with Gasteiger partial charge in [0.1, 0.15) is 5.82 Å². The minimum absolute atomic E-state index is 0.0152. The van der Waals surface area contributed by atoms with Gasteiger partial charge in [0.25, 0.3) is 17.4 Å². The standard InChI is InChI=1S/C18H15FN4O3/c1-2-23-18(26)14-6-4-3-5-13(14)15(22-23)17(25)21-20-16(24)11-7-9-12(19)10-8-11/h3-10H,2H2,1H3,(H,20,24)(H,21,25). The molecule has 0 spiro atoms. The monoisotopic (exact) mass is 354 g/mol. The number of carbonyl (C=O) groups excluding carboxylic acids is 2. The predicted molar refractivity (Wildman–Crippen MR) is 93.0 cm³/mol. The molecule has 0 atom stereocenters. The van der Waals surface area contributed by atoms with Crippen LogP contribution >= 0.6 is 0 Å². The number of amides is 2. The van der Waals surface area contributed by atoms with Crippen molar-refractivity contribution in [3.05, 3.63) is 76.0 Å². The van der Waals surface area contributed by atoms with Gasteiger partial charge in [-0.05, 0) is 37.3 Å². The van der Waals surface area contributed by atoms with Gasteiger partial charge in [0.2, 0.25) is 0 Å². The van der Waals surface area contributed by atoms with Crippen LogP contribution < -0.4 is 16.4 Å². The zero-order chi connectivity index (χ0) is 18.7. The summed E-state index contributed by atoms with van der Waals surface area (Å²) in [7, 11) is 0. The number of aromatic nitrogens is 2. The van der Waals surface area contributed by atoms with Gasteiger partial charge in [0, 0.05) is 17.5 Å². The number of fused-ring (bicyclic) bond motifs is 1. The van der Waals surface area contributed by atoms with Crippen molar-refractivity contribution in [2.75, 3.05) is 0 Å². The zero-order valence-electron chi connectivity index (χ0n) is 13.8. The fourth-order valence-electron chi connectivity index (χ4n) is 2.46. The molecule has 0 aliphatic rings. The van der Waals surface area contributed by atoms with E-state index in [-0.39, 0.29) is 16.8 Å². The van der Waals surface area contributed by atoms with Crippen molar-refractivity contribution in [2.24, 2.45) is 0 Å². The SMILES string of the molecule is CCn1nc(C(=O)NNC(=O)c2ccc(F)cc2)c2ccccc2c1=O. The molecule has 0 bridgehead atoms. The molecule has 2 amide bonds. The number of aryl methyl sites for hydroxylation is 1. The van der Waals surface area contributed by atoms with E-state index in [0.717, 1.165) is 12.1 Å². The minimum Gasteiger partial charge on any atom is -0.267 e. The molecule has 0 aliphatic heterocycles. The van der Waals surface area contributed by atoms with Crippen molar-refractivity contribution < 1.29 is 14.0 Å². The second-order valence-electron chi connectivity index (χ2n) is 5.43. The number of benzene rings is 2. The second-order valence-corrected chi connectivity index (χ2v) is 5.43. The lowest BCUT2D eigenvalue weighted by Crippen LogP contribution is -2.42. The summed E-state index contributed by atoms with van der Waals surface area (Å²) < 4.78 is 14.1. The normalized spacial score (nSPS) is 10.5. The van der Waals surface area contributed by atoms with Gasteiger partial charge < -0.3 is 0 Å². The Balaban J connectivity index is 1.86. The fourth-order valence-corrected chi connectivity index (χ4v) is 2.46. The summed E-state index contributed by atoms with van der Waals surface area (Å²) in [5.74, 6) is -1.74. The lowest BCUT2D eigenvalue weighted by molar-refractivity contribution is 0.0843. The van der Waals surface area contributed by atoms with Crippen LogP contribution in [0.25, 0.3) is 10.8 Å². The highest BCUT2D eigenvalue weighted by molar-refractivity contribution is 6.06. The molecule has 8 heteroatoms. The summed E-state index contributed by atoms with van der Waals surface area (Å²) in [5.41, 5.74) is 4.41. The molecule has 3 aromatic rings. The zero-order valence-corrected chi connectivity index (χ0v) is 13.8. The third kappa shape index (κ3) is 3.30. The predicted octanol–water partition coefficient (Wildman–Crippen LogP) is 1.63. The summed E-state index contributed by atoms with van der Waals surface area (Å²) in [4.78, 5) is 36.8. The van der Waals surface area contributed by atoms with E-state index >= 15 is 0 Å². The van der Waals surface area contributed by atoms with Crippen molar-refractivity contribution >= 4 is 22.6 Å². The van der Waals surface area contributed by atoms with E-state index in [0.29, 0.717) is 17.3 Å². The van der Waals surface area contributed by atoms with Crippen LogP contribution in [0.1, 0.15) is 27.8 Å². The van der Waals surface area contributed by atoms with Crippen molar-refractivity contribution in [1.29, 1.82) is 0 Å². The molecule has 0 radical (unpaired) electrons. The van der Waals surface area contributed by atoms with E-state index < -0.39 is 17.6 Å². The second kappa shape index (κ2) is 7.14. The number of nitrogens with one attached hydrogen (secondary N) is 2. The topological polar surface area (TPSA) is 93.1 Å². The number of hydrazine groups is 1. The highest BCUT2D eigenvalue weighted by Crippen LogP contribution is 2.13. The summed E-state index contributed by atoms with van der Waals surface area (Å²) in [6.45, 7) is 2.03. The lowest BCUT2D eigenvalue weighted by atomic mass is 10.1. The van der Waals surface area contributed by atoms with E-state index in [9.17, 15) is 18.8 Å². The molecular formula is C18H15FN4O3. The molecule has 2 aromatic carbocycles. The molecular weight excluding hydrogens is 339 g/mol. The first-order valence-corrected chi connectivity index (χ1v) is 7.87. The fraction of sp³-hybridized carbons (Fsp3) is 0.111. The molecule has 0 saturated carbocycles. The largest absolute Gasteiger partial charge is 0.290 e. The van der Waals surface area contributed by atoms with Crippen LogP contribution in [0.2, 0.25) is 0 Å². The van der Waals surface area contributed by atoms with Gasteiger partial charge in [-0.2, -0.15) is 5.10 Å². The Kier molecular flexibility index (Phi) is 4.74. The highest BCUT2D eigenvalue weighted by Gasteiger charge is 2.17. The molecule has 0 unspecified atom stereocenters. The van der Waals surface area contributed by atoms with Crippen molar-refractivity contribution in [3.8, 4) is 0 Å². The minimum atomic E-state index is -0.668. The van der Waals surface area contributed by atoms with Crippen LogP contribution in [0, 0.1) is 5.82 Å². The third-order valence-corrected chi connectivity index (χ3v) is 3.78. The maximum Gasteiger partial charge on any atom is 0.290 e. The number of nitrogens with zero attached hydrogens (tertiary/aromatic N) is 2. The van der Waals surface area contributed by atoms with Crippen molar-refractivity contribution in [3.63, 3.8) is 0 Å². The third-order valence-electron chi connectivity index (χ3n) is 3.78. The van der Waals surface area contributed by atoms with Crippen LogP contribution in [0.3, 0.4) is 0 Å². The van der Waals surface area contributed by atoms with E-state index in [4.69, 9.17) is 0 Å². The maximum atomic E-state index is 12.9. The molecule has 3 rings (SSSR count). The number of rotatable bonds is 3. The van der Waals surface area contributed by atoms with Crippen LogP contribution in [0.4, 0.5) is 4.39 Å². The quantitative estimate of drug-likeness (QED) is 0.699. The number of carbonyl (C=O) groups is 2. The highest BCUT2D eigenvalue weighted by atomic mass is 19.1. The van der Waals surface area contributed by atoms with Crippen LogP contribution in [0.5, 0.6) is 0 Å². The molecule has 2 N–H and O–H groups in total. The van der Waals surface area contributed by atoms with E-state index in [1.54, 1.807) is 31.2 Å². The van der Waals surface area contributed by atoms with Gasteiger partial charge in [-0.1, -0.05) is 18.2 Å². The van der Waals surface area contributed by atoms with Crippen LogP contribution in [-0.4, -0.2) is 21.6 Å². The molecule has 0 aliphatic carbocycles. The molecule has 0 fully saturated rings. The van der Waals surface area contributed by atoms with Gasteiger partial charge in [0.05, 0.1) is 5.39 Å². The average molecular weight is 354 g/mol. The van der Waals surface area contributed by atoms with E-state index in [1.165, 1.54) is 16.8 Å². The molecule has 26 heavy (non-hydrogen) atoms. The average Bonchev–Trinajstić information content (AvgIpc) is 2.67. The molecule has 7 nitrogen and oxygen atoms in total. The van der Waals surface area contributed by atoms with E-state index in [1.807, 2.05) is 0 Å². The van der Waals surface area contributed by atoms with Gasteiger partial charge in [-0.3, -0.25) is 25.2 Å². The van der Waals surface area contributed by atoms with Gasteiger partial charge in [-0.15, -0.1) is 0 Å². The van der Waals surface area contributed by atoms with Gasteiger partial charge in [-0.25, -0.2) is 9.07 Å². The Morgan fingerprint density at radius 1 is 1.00 bits per heavy atom. The van der Waals surface area contributed by atoms with Gasteiger partial charge >= 0.3 is 0 Å². The molecule has 0 saturated heterocycles. The van der Waals surface area contributed by atoms with Crippen LogP contribution in [0.15, 0.2) is 53.3 Å². The molecule has 1 heterocycles. The number of hydrogen-bond acceptors (Lipinski definition) is 4. The van der Waals surface area contributed by atoms with Crippen LogP contribution in [-0.2, 0) is 6.54 Å². The first-order chi connectivity index (χ1) is 12.5. The summed E-state index contributed by atoms with van der Waals surface area (Å²) in [5, 5.41) is 4.82. The summed E-state index contributed by atoms with van der Waals surface area (Å²) in [6, 6.07) is 11.5. The Hall–Kier alpha value is -3.55. The Bertz CT molecular complexity index is 1040. The maximum absolute atomic E-state index is 12.9. The molecule has 1 aromatic heterocycles. The Morgan fingerprint density at radius 2 is 1.62 bits per heavy atom. The van der Waals surface area contributed by atoms with Crippen molar-refractivity contribution in [1.82, 2.24) is 20.6 Å². The Morgan fingerprint density at radius 3 is 2.27 bits per heavy atom. The first kappa shape index (κ1) is 17.3. The Labute approximate surface area is 147 Å². The number of hydrogen-bond donors (Lipinski definition) is 2.